The Bertz CT molecular complexity index is 590. The molecular weight excluding hydrogens is 274 g/mol. The molecule has 0 amide bonds. The number of rotatable bonds is 6. The smallest absolute Gasteiger partial charge is 0.357 e. The number of H-pyrrole nitrogens is 1. The third kappa shape index (κ3) is 2.48. The molecule has 0 aromatic carbocycles. The van der Waals surface area contributed by atoms with E-state index < -0.39 is 21.7 Å². The minimum Gasteiger partial charge on any atom is -0.476 e. The van der Waals surface area contributed by atoms with E-state index in [0.717, 1.165) is 17.1 Å². The summed E-state index contributed by atoms with van der Waals surface area (Å²) in [5, 5.41) is 23.9. The van der Waals surface area contributed by atoms with Crippen molar-refractivity contribution in [3.05, 3.63) is 11.4 Å². The molecule has 0 aliphatic heterocycles. The van der Waals surface area contributed by atoms with E-state index in [0.29, 0.717) is 0 Å². The molecule has 8 nitrogen and oxygen atoms in total. The molecule has 1 heterocycles. The third-order valence-electron chi connectivity index (χ3n) is 2.93. The monoisotopic (exact) mass is 289 g/mol. The molecule has 1 aromatic heterocycles. The average molecular weight is 289 g/mol. The molecule has 1 aliphatic rings. The van der Waals surface area contributed by atoms with Crippen LogP contribution in [0.25, 0.3) is 0 Å². The van der Waals surface area contributed by atoms with E-state index in [1.165, 1.54) is 6.92 Å². The van der Waals surface area contributed by atoms with Gasteiger partial charge in [0, 0.05) is 12.6 Å². The minimum absolute atomic E-state index is 0.0450. The maximum absolute atomic E-state index is 12.5. The highest BCUT2D eigenvalue weighted by Gasteiger charge is 2.41. The molecule has 19 heavy (non-hydrogen) atoms. The van der Waals surface area contributed by atoms with Crippen molar-refractivity contribution < 1.29 is 23.4 Å². The minimum atomic E-state index is -3.96. The van der Waals surface area contributed by atoms with Gasteiger partial charge in [-0.05, 0) is 19.8 Å². The first-order valence-electron chi connectivity index (χ1n) is 5.80. The van der Waals surface area contributed by atoms with Crippen LogP contribution in [0.2, 0.25) is 0 Å². The number of nitrogens with one attached hydrogen (secondary N) is 1. The van der Waals surface area contributed by atoms with Crippen molar-refractivity contribution in [2.45, 2.75) is 30.7 Å². The Balaban J connectivity index is 2.48. The Morgan fingerprint density at radius 2 is 2.16 bits per heavy atom. The summed E-state index contributed by atoms with van der Waals surface area (Å²) in [5.74, 6) is -1.40. The van der Waals surface area contributed by atoms with Crippen molar-refractivity contribution in [2.24, 2.45) is 0 Å². The summed E-state index contributed by atoms with van der Waals surface area (Å²) in [6, 6.07) is -0.159. The van der Waals surface area contributed by atoms with Gasteiger partial charge in [0.05, 0.1) is 12.3 Å². The zero-order valence-corrected chi connectivity index (χ0v) is 11.1. The summed E-state index contributed by atoms with van der Waals surface area (Å²) in [5.41, 5.74) is -0.331. The number of carbonyl (C=O) groups is 1. The van der Waals surface area contributed by atoms with E-state index >= 15 is 0 Å². The predicted molar refractivity (Wildman–Crippen MR) is 64.3 cm³/mol. The lowest BCUT2D eigenvalue weighted by Crippen LogP contribution is -2.36. The summed E-state index contributed by atoms with van der Waals surface area (Å²) in [7, 11) is -3.96. The van der Waals surface area contributed by atoms with E-state index in [1.54, 1.807) is 0 Å². The number of aryl methyl sites for hydroxylation is 1. The zero-order valence-electron chi connectivity index (χ0n) is 10.3. The van der Waals surface area contributed by atoms with Gasteiger partial charge in [-0.1, -0.05) is 0 Å². The average Bonchev–Trinajstić information content (AvgIpc) is 3.07. The molecule has 1 fully saturated rings. The molecule has 1 saturated carbocycles. The first-order chi connectivity index (χ1) is 8.89. The van der Waals surface area contributed by atoms with E-state index in [4.69, 9.17) is 10.2 Å². The lowest BCUT2D eigenvalue weighted by molar-refractivity contribution is 0.0686. The molecule has 0 spiro atoms. The van der Waals surface area contributed by atoms with Crippen LogP contribution in [-0.2, 0) is 10.0 Å². The lowest BCUT2D eigenvalue weighted by Gasteiger charge is -2.20. The van der Waals surface area contributed by atoms with E-state index in [9.17, 15) is 13.2 Å². The molecule has 106 valence electrons. The predicted octanol–water partition coefficient (Wildman–Crippen LogP) is -0.438. The summed E-state index contributed by atoms with van der Waals surface area (Å²) >= 11 is 0. The fraction of sp³-hybridized carbons (Fsp3) is 0.600. The van der Waals surface area contributed by atoms with Crippen LogP contribution in [-0.4, -0.2) is 58.3 Å². The number of aromatic carboxylic acids is 1. The molecule has 0 saturated heterocycles. The van der Waals surface area contributed by atoms with Crippen LogP contribution in [0.4, 0.5) is 0 Å². The van der Waals surface area contributed by atoms with Gasteiger partial charge in [-0.2, -0.15) is 9.40 Å². The molecule has 9 heteroatoms. The normalized spacial score (nSPS) is 15.9. The number of aromatic amines is 1. The summed E-state index contributed by atoms with van der Waals surface area (Å²) in [6.45, 7) is 1.10. The highest BCUT2D eigenvalue weighted by atomic mass is 32.2. The maximum Gasteiger partial charge on any atom is 0.357 e. The Hall–Kier alpha value is -1.45. The van der Waals surface area contributed by atoms with Gasteiger partial charge in [0.1, 0.15) is 4.90 Å². The molecule has 1 aliphatic carbocycles. The highest BCUT2D eigenvalue weighted by molar-refractivity contribution is 7.89. The van der Waals surface area contributed by atoms with E-state index in [-0.39, 0.29) is 29.8 Å². The van der Waals surface area contributed by atoms with E-state index in [2.05, 4.69) is 10.2 Å². The van der Waals surface area contributed by atoms with Crippen molar-refractivity contribution in [3.8, 4) is 0 Å². The number of hydrogen-bond donors (Lipinski definition) is 3. The topological polar surface area (TPSA) is 124 Å². The van der Waals surface area contributed by atoms with Gasteiger partial charge in [-0.15, -0.1) is 0 Å². The van der Waals surface area contributed by atoms with E-state index in [1.807, 2.05) is 0 Å². The van der Waals surface area contributed by atoms with Crippen LogP contribution in [0.1, 0.15) is 29.0 Å². The van der Waals surface area contributed by atoms with Crippen molar-refractivity contribution in [3.63, 3.8) is 0 Å². The Labute approximate surface area is 110 Å². The standard InChI is InChI=1S/C10H15N3O5S/c1-6-9(8(10(15)16)12-11-6)19(17,18)13(4-5-14)7-2-3-7/h7,14H,2-5H2,1H3,(H,11,12)(H,15,16). The number of carboxylic acids is 1. The molecule has 1 aromatic rings. The first kappa shape index (κ1) is 14.0. The molecule has 0 atom stereocenters. The van der Waals surface area contributed by atoms with Gasteiger partial charge in [0.25, 0.3) is 0 Å². The summed E-state index contributed by atoms with van der Waals surface area (Å²) in [6.07, 6.45) is 1.44. The van der Waals surface area contributed by atoms with Gasteiger partial charge in [-0.3, -0.25) is 5.10 Å². The number of hydrogen-bond acceptors (Lipinski definition) is 5. The summed E-state index contributed by atoms with van der Waals surface area (Å²) < 4.78 is 26.2. The van der Waals surface area contributed by atoms with Crippen LogP contribution < -0.4 is 0 Å². The molecule has 0 bridgehead atoms. The van der Waals surface area contributed by atoms with Gasteiger partial charge in [0.2, 0.25) is 10.0 Å². The van der Waals surface area contributed by atoms with Gasteiger partial charge in [-0.25, -0.2) is 13.2 Å². The van der Waals surface area contributed by atoms with Crippen molar-refractivity contribution in [1.29, 1.82) is 0 Å². The fourth-order valence-corrected chi connectivity index (χ4v) is 3.93. The van der Waals surface area contributed by atoms with Crippen LogP contribution in [0.5, 0.6) is 0 Å². The quantitative estimate of drug-likeness (QED) is 0.652. The van der Waals surface area contributed by atoms with Crippen LogP contribution >= 0.6 is 0 Å². The van der Waals surface area contributed by atoms with Crippen LogP contribution in [0.3, 0.4) is 0 Å². The van der Waals surface area contributed by atoms with Gasteiger partial charge >= 0.3 is 5.97 Å². The first-order valence-corrected chi connectivity index (χ1v) is 7.24. The summed E-state index contributed by atoms with van der Waals surface area (Å²) in [4.78, 5) is 10.7. The third-order valence-corrected chi connectivity index (χ3v) is 5.05. The second-order valence-corrected chi connectivity index (χ2v) is 6.23. The number of aliphatic hydroxyl groups is 1. The number of aromatic nitrogens is 2. The van der Waals surface area contributed by atoms with Gasteiger partial charge in [0.15, 0.2) is 5.69 Å². The molecule has 0 radical (unpaired) electrons. The highest BCUT2D eigenvalue weighted by Crippen LogP contribution is 2.33. The zero-order chi connectivity index (χ0) is 14.2. The number of carboxylic acid groups (broad SMARTS) is 1. The van der Waals surface area contributed by atoms with Crippen molar-refractivity contribution in [2.75, 3.05) is 13.2 Å². The Kier molecular flexibility index (Phi) is 3.61. The van der Waals surface area contributed by atoms with Crippen LogP contribution in [0.15, 0.2) is 4.90 Å². The molecular formula is C10H15N3O5S. The molecule has 2 rings (SSSR count). The Morgan fingerprint density at radius 1 is 1.53 bits per heavy atom. The Morgan fingerprint density at radius 3 is 2.63 bits per heavy atom. The van der Waals surface area contributed by atoms with Crippen molar-refractivity contribution >= 4 is 16.0 Å². The second-order valence-electron chi connectivity index (χ2n) is 4.40. The lowest BCUT2D eigenvalue weighted by atomic mass is 10.4. The van der Waals surface area contributed by atoms with Crippen LogP contribution in [0, 0.1) is 6.92 Å². The van der Waals surface area contributed by atoms with Gasteiger partial charge < -0.3 is 10.2 Å². The number of sulfonamides is 1. The fourth-order valence-electron chi connectivity index (χ4n) is 1.96. The maximum atomic E-state index is 12.5. The molecule has 0 unspecified atom stereocenters. The number of nitrogens with zero attached hydrogens (tertiary/aromatic N) is 2. The van der Waals surface area contributed by atoms with Crippen molar-refractivity contribution in [1.82, 2.24) is 14.5 Å². The molecule has 3 N–H and O–H groups in total. The largest absolute Gasteiger partial charge is 0.476 e. The second kappa shape index (κ2) is 4.91. The SMILES string of the molecule is Cc1[nH]nc(C(=O)O)c1S(=O)(=O)N(CCO)C1CC1. The number of aliphatic hydroxyl groups excluding tert-OH is 1.